The van der Waals surface area contributed by atoms with Crippen molar-refractivity contribution in [2.75, 3.05) is 25.0 Å². The van der Waals surface area contributed by atoms with E-state index >= 15 is 0 Å². The molecule has 1 atom stereocenters. The van der Waals surface area contributed by atoms with Gasteiger partial charge in [-0.2, -0.15) is 5.10 Å². The molecule has 9 nitrogen and oxygen atoms in total. The summed E-state index contributed by atoms with van der Waals surface area (Å²) in [6, 6.07) is 7.85. The molecule has 0 saturated heterocycles. The number of aliphatic imine (C=N–C) groups is 1. The van der Waals surface area contributed by atoms with E-state index in [-0.39, 0.29) is 23.4 Å². The van der Waals surface area contributed by atoms with Crippen LogP contribution in [0.15, 0.2) is 35.5 Å². The van der Waals surface area contributed by atoms with Gasteiger partial charge in [-0.25, -0.2) is 9.97 Å². The van der Waals surface area contributed by atoms with Crippen molar-refractivity contribution in [2.24, 2.45) is 12.0 Å². The van der Waals surface area contributed by atoms with Gasteiger partial charge in [-0.1, -0.05) is 0 Å². The average molecular weight is 444 g/mol. The van der Waals surface area contributed by atoms with Gasteiger partial charge in [0, 0.05) is 55.1 Å². The highest BCUT2D eigenvalue weighted by Gasteiger charge is 2.21. The van der Waals surface area contributed by atoms with Crippen molar-refractivity contribution < 1.29 is 9.90 Å². The number of phenols is 1. The minimum Gasteiger partial charge on any atom is -0.507 e. The molecule has 0 saturated carbocycles. The number of aromatic nitrogens is 4. The van der Waals surface area contributed by atoms with Crippen molar-refractivity contribution in [1.29, 1.82) is 0 Å². The van der Waals surface area contributed by atoms with E-state index in [9.17, 15) is 9.90 Å². The number of carbonyl (C=O) groups is 1. The number of carbonyl (C=O) groups excluding carboxylic acids is 1. The second-order valence-corrected chi connectivity index (χ2v) is 8.40. The first-order valence-electron chi connectivity index (χ1n) is 10.8. The van der Waals surface area contributed by atoms with Crippen LogP contribution in [0.3, 0.4) is 0 Å². The smallest absolute Gasteiger partial charge is 0.270 e. The molecule has 0 aliphatic carbocycles. The number of hydrogen-bond acceptors (Lipinski definition) is 7. The maximum Gasteiger partial charge on any atom is 0.270 e. The summed E-state index contributed by atoms with van der Waals surface area (Å²) in [5.41, 5.74) is 3.70. The molecule has 0 fully saturated rings. The quantitative estimate of drug-likeness (QED) is 0.504. The van der Waals surface area contributed by atoms with E-state index in [1.807, 2.05) is 50.6 Å². The van der Waals surface area contributed by atoms with Crippen LogP contribution >= 0.6 is 0 Å². The molecule has 1 unspecified atom stereocenters. The minimum atomic E-state index is -0.312. The molecule has 1 aliphatic heterocycles. The summed E-state index contributed by atoms with van der Waals surface area (Å²) in [6.45, 7) is 5.39. The van der Waals surface area contributed by atoms with Gasteiger partial charge in [0.1, 0.15) is 11.4 Å². The molecule has 1 amide bonds. The predicted octanol–water partition coefficient (Wildman–Crippen LogP) is 2.84. The third-order valence-corrected chi connectivity index (χ3v) is 6.00. The molecular formula is C24H25N7O2. The number of rotatable bonds is 3. The number of aromatic hydroxyl groups is 1. The van der Waals surface area contributed by atoms with Crippen molar-refractivity contribution in [3.63, 3.8) is 0 Å². The lowest BCUT2D eigenvalue weighted by molar-refractivity contribution is 0.0960. The average Bonchev–Trinajstić information content (AvgIpc) is 3.20. The predicted molar refractivity (Wildman–Crippen MR) is 129 cm³/mol. The van der Waals surface area contributed by atoms with E-state index in [4.69, 9.17) is 4.98 Å². The highest BCUT2D eigenvalue weighted by molar-refractivity contribution is 6.06. The van der Waals surface area contributed by atoms with Gasteiger partial charge in [0.05, 0.1) is 29.2 Å². The highest BCUT2D eigenvalue weighted by Crippen LogP contribution is 2.36. The fraction of sp³-hybridized carbons (Fsp3) is 0.292. The largest absolute Gasteiger partial charge is 0.507 e. The molecule has 168 valence electrons. The van der Waals surface area contributed by atoms with Gasteiger partial charge < -0.3 is 15.3 Å². The molecule has 2 aromatic heterocycles. The van der Waals surface area contributed by atoms with Gasteiger partial charge in [0.2, 0.25) is 0 Å². The van der Waals surface area contributed by atoms with Crippen LogP contribution < -0.4 is 10.2 Å². The molecular weight excluding hydrogens is 418 g/mol. The zero-order chi connectivity index (χ0) is 23.3. The van der Waals surface area contributed by atoms with Crippen molar-refractivity contribution in [3.8, 4) is 17.1 Å². The second kappa shape index (κ2) is 7.84. The lowest BCUT2D eigenvalue weighted by atomic mass is 10.0. The first-order valence-corrected chi connectivity index (χ1v) is 10.8. The van der Waals surface area contributed by atoms with Crippen molar-refractivity contribution in [3.05, 3.63) is 41.7 Å². The highest BCUT2D eigenvalue weighted by atomic mass is 16.3. The number of anilines is 1. The normalized spacial score (nSPS) is 16.0. The van der Waals surface area contributed by atoms with Crippen LogP contribution in [0.2, 0.25) is 0 Å². The maximum absolute atomic E-state index is 12.8. The number of amides is 1. The van der Waals surface area contributed by atoms with Gasteiger partial charge >= 0.3 is 0 Å². The van der Waals surface area contributed by atoms with Gasteiger partial charge in [-0.05, 0) is 38.1 Å². The Balaban J connectivity index is 1.70. The molecule has 9 heteroatoms. The van der Waals surface area contributed by atoms with Gasteiger partial charge in [0.25, 0.3) is 5.91 Å². The van der Waals surface area contributed by atoms with Crippen LogP contribution in [-0.4, -0.2) is 63.2 Å². The lowest BCUT2D eigenvalue weighted by Crippen LogP contribution is -2.35. The first kappa shape index (κ1) is 20.9. The third-order valence-electron chi connectivity index (χ3n) is 6.00. The molecule has 1 aliphatic rings. The SMILES string of the molecule is CNC(=O)c1nc(-c2cc3cn(C)nc3c(C)c2O)nc2ccc(N3CC=NC(C)C3)cc12. The molecule has 5 rings (SSSR count). The molecule has 4 aromatic rings. The Labute approximate surface area is 190 Å². The van der Waals surface area contributed by atoms with Crippen molar-refractivity contribution in [1.82, 2.24) is 25.1 Å². The standard InChI is InChI=1S/C24H25N7O2/c1-13-11-31(8-7-26-13)16-5-6-19-17(10-16)21(24(33)25-3)28-23(27-19)18-9-15-12-30(4)29-20(15)14(2)22(18)32/h5-7,9-10,12-13,32H,8,11H2,1-4H3,(H,25,33). The summed E-state index contributed by atoms with van der Waals surface area (Å²) < 4.78 is 1.70. The summed E-state index contributed by atoms with van der Waals surface area (Å²) in [6.07, 6.45) is 3.79. The fourth-order valence-corrected chi connectivity index (χ4v) is 4.31. The second-order valence-electron chi connectivity index (χ2n) is 8.40. The number of fused-ring (bicyclic) bond motifs is 2. The van der Waals surface area contributed by atoms with Crippen molar-refractivity contribution in [2.45, 2.75) is 19.9 Å². The Kier molecular flexibility index (Phi) is 4.96. The Hall–Kier alpha value is -4.01. The summed E-state index contributed by atoms with van der Waals surface area (Å²) >= 11 is 0. The number of phenolic OH excluding ortho intramolecular Hbond substituents is 1. The molecule has 33 heavy (non-hydrogen) atoms. The lowest BCUT2D eigenvalue weighted by Gasteiger charge is -2.28. The van der Waals surface area contributed by atoms with Gasteiger partial charge in [0.15, 0.2) is 5.82 Å². The summed E-state index contributed by atoms with van der Waals surface area (Å²) in [4.78, 5) is 28.8. The Morgan fingerprint density at radius 2 is 2.06 bits per heavy atom. The number of nitrogens with zero attached hydrogens (tertiary/aromatic N) is 6. The van der Waals surface area contributed by atoms with E-state index < -0.39 is 0 Å². The van der Waals surface area contributed by atoms with Gasteiger partial charge in [-0.15, -0.1) is 0 Å². The number of nitrogens with one attached hydrogen (secondary N) is 1. The topological polar surface area (TPSA) is 109 Å². The van der Waals surface area contributed by atoms with Crippen LogP contribution in [0, 0.1) is 6.92 Å². The molecule has 2 N–H and O–H groups in total. The van der Waals surface area contributed by atoms with Crippen LogP contribution in [0.25, 0.3) is 33.2 Å². The molecule has 0 spiro atoms. The van der Waals surface area contributed by atoms with E-state index in [1.54, 1.807) is 11.7 Å². The zero-order valence-corrected chi connectivity index (χ0v) is 19.0. The van der Waals surface area contributed by atoms with Crippen molar-refractivity contribution >= 4 is 39.6 Å². The third kappa shape index (κ3) is 3.55. The van der Waals surface area contributed by atoms with Crippen LogP contribution in [0.1, 0.15) is 23.0 Å². The Morgan fingerprint density at radius 3 is 2.82 bits per heavy atom. The molecule has 3 heterocycles. The Morgan fingerprint density at radius 1 is 1.24 bits per heavy atom. The first-order chi connectivity index (χ1) is 15.9. The number of aryl methyl sites for hydroxylation is 2. The van der Waals surface area contributed by atoms with Gasteiger partial charge in [-0.3, -0.25) is 14.5 Å². The Bertz CT molecular complexity index is 1440. The summed E-state index contributed by atoms with van der Waals surface area (Å²) in [5.74, 6) is 0.0357. The monoisotopic (exact) mass is 443 g/mol. The van der Waals surface area contributed by atoms with Crippen LogP contribution in [0.5, 0.6) is 5.75 Å². The molecule has 0 radical (unpaired) electrons. The summed E-state index contributed by atoms with van der Waals surface area (Å²) in [7, 11) is 3.41. The maximum atomic E-state index is 12.8. The minimum absolute atomic E-state index is 0.0571. The molecule has 0 bridgehead atoms. The fourth-order valence-electron chi connectivity index (χ4n) is 4.31. The van der Waals surface area contributed by atoms with Crippen LogP contribution in [0.4, 0.5) is 5.69 Å². The summed E-state index contributed by atoms with van der Waals surface area (Å²) in [5, 5.41) is 19.5. The number of hydrogen-bond donors (Lipinski definition) is 2. The zero-order valence-electron chi connectivity index (χ0n) is 19.0. The van der Waals surface area contributed by atoms with E-state index in [0.717, 1.165) is 23.1 Å². The molecule has 2 aromatic carbocycles. The van der Waals surface area contributed by atoms with Crippen LogP contribution in [-0.2, 0) is 7.05 Å². The van der Waals surface area contributed by atoms with E-state index in [1.165, 1.54) is 0 Å². The van der Waals surface area contributed by atoms with E-state index in [2.05, 4.69) is 32.2 Å². The van der Waals surface area contributed by atoms with E-state index in [0.29, 0.717) is 34.4 Å². The number of benzene rings is 2.